The molecule has 0 aromatic heterocycles. The van der Waals surface area contributed by atoms with Gasteiger partial charge in [0.15, 0.2) is 0 Å². The van der Waals surface area contributed by atoms with E-state index < -0.39 is 21.8 Å². The maximum absolute atomic E-state index is 11.8. The number of nitrogens with zero attached hydrogens (tertiary/aromatic N) is 1. The number of likely N-dealkylation sites (N-methyl/N-ethyl adjacent to an activating group) is 1. The van der Waals surface area contributed by atoms with Crippen LogP contribution >= 0.6 is 12.2 Å². The van der Waals surface area contributed by atoms with Crippen LogP contribution in [0.2, 0.25) is 0 Å². The van der Waals surface area contributed by atoms with Crippen molar-refractivity contribution in [2.75, 3.05) is 18.8 Å². The minimum atomic E-state index is -3.64. The van der Waals surface area contributed by atoms with E-state index in [1.54, 1.807) is 4.90 Å². The van der Waals surface area contributed by atoms with Crippen LogP contribution in [0.25, 0.3) is 0 Å². The molecule has 0 radical (unpaired) electrons. The molecule has 0 saturated carbocycles. The molecule has 0 aromatic carbocycles. The zero-order valence-corrected chi connectivity index (χ0v) is 11.9. The predicted molar refractivity (Wildman–Crippen MR) is 71.1 cm³/mol. The average molecular weight is 281 g/mol. The lowest BCUT2D eigenvalue weighted by molar-refractivity contribution is -0.132. The van der Waals surface area contributed by atoms with Gasteiger partial charge in [0.05, 0.1) is 11.0 Å². The highest BCUT2D eigenvalue weighted by Gasteiger charge is 2.23. The molecule has 0 saturated heterocycles. The summed E-state index contributed by atoms with van der Waals surface area (Å²) in [7, 11) is -3.64. The molecule has 0 spiro atoms. The molecule has 0 bridgehead atoms. The Bertz CT molecular complexity index is 377. The van der Waals surface area contributed by atoms with Crippen molar-refractivity contribution in [2.24, 2.45) is 5.73 Å². The summed E-state index contributed by atoms with van der Waals surface area (Å²) in [6.45, 7) is 6.24. The van der Waals surface area contributed by atoms with Gasteiger partial charge in [-0.2, -0.15) is 0 Å². The molecule has 0 fully saturated rings. The van der Waals surface area contributed by atoms with Gasteiger partial charge in [0.1, 0.15) is 5.75 Å². The van der Waals surface area contributed by atoms with E-state index in [0.717, 1.165) is 0 Å². The number of carbonyl (C=O) groups is 1. The van der Waals surface area contributed by atoms with Crippen molar-refractivity contribution in [2.45, 2.75) is 26.8 Å². The molecule has 8 heteroatoms. The van der Waals surface area contributed by atoms with E-state index in [0.29, 0.717) is 13.1 Å². The Morgan fingerprint density at radius 3 is 2.24 bits per heavy atom. The lowest BCUT2D eigenvalue weighted by Crippen LogP contribution is -2.48. The highest BCUT2D eigenvalue weighted by Crippen LogP contribution is 1.97. The molecule has 6 nitrogen and oxygen atoms in total. The molecule has 100 valence electrons. The first kappa shape index (κ1) is 16.3. The summed E-state index contributed by atoms with van der Waals surface area (Å²) in [5.74, 6) is -0.709. The fourth-order valence-corrected chi connectivity index (χ4v) is 2.92. The van der Waals surface area contributed by atoms with Crippen LogP contribution in [0.4, 0.5) is 0 Å². The largest absolute Gasteiger partial charge is 0.392 e. The molecule has 0 rings (SSSR count). The van der Waals surface area contributed by atoms with E-state index in [1.807, 2.05) is 13.8 Å². The molecular formula is C9H19N3O3S2. The van der Waals surface area contributed by atoms with Crippen LogP contribution in [0.3, 0.4) is 0 Å². The summed E-state index contributed by atoms with van der Waals surface area (Å²) in [6.07, 6.45) is 0. The monoisotopic (exact) mass is 281 g/mol. The second kappa shape index (κ2) is 6.87. The summed E-state index contributed by atoms with van der Waals surface area (Å²) in [5.41, 5.74) is 5.16. The third-order valence-corrected chi connectivity index (χ3v) is 3.86. The summed E-state index contributed by atoms with van der Waals surface area (Å²) < 4.78 is 25.3. The van der Waals surface area contributed by atoms with Gasteiger partial charge in [-0.1, -0.05) is 12.2 Å². The zero-order valence-electron chi connectivity index (χ0n) is 10.3. The third-order valence-electron chi connectivity index (χ3n) is 2.13. The molecular weight excluding hydrogens is 262 g/mol. The summed E-state index contributed by atoms with van der Waals surface area (Å²) in [6, 6.07) is -0.811. The van der Waals surface area contributed by atoms with Crippen molar-refractivity contribution in [3.05, 3.63) is 0 Å². The quantitative estimate of drug-likeness (QED) is 0.611. The Balaban J connectivity index is 4.59. The maximum Gasteiger partial charge on any atom is 0.240 e. The van der Waals surface area contributed by atoms with E-state index in [4.69, 9.17) is 5.73 Å². The number of rotatable bonds is 7. The molecule has 0 aliphatic heterocycles. The van der Waals surface area contributed by atoms with Crippen LogP contribution in [-0.4, -0.2) is 49.1 Å². The summed E-state index contributed by atoms with van der Waals surface area (Å²) >= 11 is 4.52. The van der Waals surface area contributed by atoms with Gasteiger partial charge in [-0.05, 0) is 20.8 Å². The van der Waals surface area contributed by atoms with Gasteiger partial charge < -0.3 is 10.6 Å². The number of hydrogen-bond donors (Lipinski definition) is 2. The molecule has 3 N–H and O–H groups in total. The van der Waals surface area contributed by atoms with Crippen LogP contribution < -0.4 is 10.5 Å². The second-order valence-electron chi connectivity index (χ2n) is 3.58. The highest BCUT2D eigenvalue weighted by atomic mass is 32.2. The summed E-state index contributed by atoms with van der Waals surface area (Å²) in [4.78, 5) is 13.2. The molecule has 1 amide bonds. The Morgan fingerprint density at radius 2 is 1.88 bits per heavy atom. The molecule has 0 aliphatic carbocycles. The van der Waals surface area contributed by atoms with Crippen molar-refractivity contribution in [1.82, 2.24) is 9.62 Å². The van der Waals surface area contributed by atoms with E-state index in [-0.39, 0.29) is 10.9 Å². The lowest BCUT2D eigenvalue weighted by Gasteiger charge is -2.23. The second-order valence-corrected chi connectivity index (χ2v) is 5.85. The molecule has 0 aromatic rings. The molecule has 0 heterocycles. The molecule has 17 heavy (non-hydrogen) atoms. The number of carbonyl (C=O) groups excluding carboxylic acids is 1. The van der Waals surface area contributed by atoms with E-state index in [9.17, 15) is 13.2 Å². The number of nitrogens with two attached hydrogens (primary N) is 1. The van der Waals surface area contributed by atoms with Gasteiger partial charge in [0, 0.05) is 13.1 Å². The maximum atomic E-state index is 11.8. The SMILES string of the molecule is CCN(CC)C(=O)C(C)NS(=O)(=O)CC(N)=S. The van der Waals surface area contributed by atoms with Gasteiger partial charge in [0.2, 0.25) is 15.9 Å². The fraction of sp³-hybridized carbons (Fsp3) is 0.778. The van der Waals surface area contributed by atoms with Crippen molar-refractivity contribution in [1.29, 1.82) is 0 Å². The first-order valence-electron chi connectivity index (χ1n) is 5.30. The lowest BCUT2D eigenvalue weighted by atomic mass is 10.3. The van der Waals surface area contributed by atoms with Crippen LogP contribution in [0, 0.1) is 0 Å². The van der Waals surface area contributed by atoms with E-state index >= 15 is 0 Å². The van der Waals surface area contributed by atoms with Gasteiger partial charge in [-0.25, -0.2) is 13.1 Å². The van der Waals surface area contributed by atoms with Crippen LogP contribution in [0.1, 0.15) is 20.8 Å². The van der Waals surface area contributed by atoms with E-state index in [2.05, 4.69) is 16.9 Å². The number of hydrogen-bond acceptors (Lipinski definition) is 4. The van der Waals surface area contributed by atoms with Crippen LogP contribution in [0.15, 0.2) is 0 Å². The minimum Gasteiger partial charge on any atom is -0.392 e. The van der Waals surface area contributed by atoms with Crippen molar-refractivity contribution in [3.63, 3.8) is 0 Å². The Labute approximate surface area is 108 Å². The van der Waals surface area contributed by atoms with Crippen LogP contribution in [0.5, 0.6) is 0 Å². The van der Waals surface area contributed by atoms with Crippen molar-refractivity contribution < 1.29 is 13.2 Å². The Morgan fingerprint density at radius 1 is 1.41 bits per heavy atom. The normalized spacial score (nSPS) is 13.1. The predicted octanol–water partition coefficient (Wildman–Crippen LogP) is -0.551. The van der Waals surface area contributed by atoms with Gasteiger partial charge in [-0.3, -0.25) is 4.79 Å². The van der Waals surface area contributed by atoms with Crippen LogP contribution in [-0.2, 0) is 14.8 Å². The summed E-state index contributed by atoms with van der Waals surface area (Å²) in [5, 5.41) is 0. The van der Waals surface area contributed by atoms with Gasteiger partial charge in [-0.15, -0.1) is 0 Å². The Kier molecular flexibility index (Phi) is 6.58. The number of nitrogens with one attached hydrogen (secondary N) is 1. The first-order valence-corrected chi connectivity index (χ1v) is 7.36. The number of thiocarbonyl (C=S) groups is 1. The fourth-order valence-electron chi connectivity index (χ4n) is 1.36. The molecule has 1 atom stereocenters. The topological polar surface area (TPSA) is 92.5 Å². The van der Waals surface area contributed by atoms with Crippen molar-refractivity contribution in [3.8, 4) is 0 Å². The number of amides is 1. The molecule has 1 unspecified atom stereocenters. The average Bonchev–Trinajstić information content (AvgIpc) is 2.16. The van der Waals surface area contributed by atoms with E-state index in [1.165, 1.54) is 6.92 Å². The number of sulfonamides is 1. The third kappa shape index (κ3) is 5.94. The first-order chi connectivity index (χ1) is 7.73. The van der Waals surface area contributed by atoms with Crippen molar-refractivity contribution >= 4 is 33.1 Å². The van der Waals surface area contributed by atoms with Gasteiger partial charge >= 0.3 is 0 Å². The standard InChI is InChI=1S/C9H19N3O3S2/c1-4-12(5-2)9(13)7(3)11-17(14,15)6-8(10)16/h7,11H,4-6H2,1-3H3,(H2,10,16). The minimum absolute atomic E-state index is 0.125. The highest BCUT2D eigenvalue weighted by molar-refractivity contribution is 7.92. The van der Waals surface area contributed by atoms with Gasteiger partial charge in [0.25, 0.3) is 0 Å². The smallest absolute Gasteiger partial charge is 0.240 e. The molecule has 0 aliphatic rings. The Hall–Kier alpha value is -0.730. The zero-order chi connectivity index (χ0) is 13.6.